The SMILES string of the molecule is CN(CC1CC(O)C1)c1nc(CN2CCOCC2)nc2scc(-c3ccccc3)c12. The van der Waals surface area contributed by atoms with Gasteiger partial charge < -0.3 is 14.7 Å². The Bertz CT molecular complexity index is 997. The number of aliphatic hydroxyl groups is 1. The molecule has 1 aromatic carbocycles. The molecule has 0 atom stereocenters. The summed E-state index contributed by atoms with van der Waals surface area (Å²) >= 11 is 1.69. The maximum atomic E-state index is 9.70. The van der Waals surface area contributed by atoms with Gasteiger partial charge in [-0.25, -0.2) is 9.97 Å². The summed E-state index contributed by atoms with van der Waals surface area (Å²) in [5.41, 5.74) is 2.39. The third-order valence-corrected chi connectivity index (χ3v) is 6.99. The van der Waals surface area contributed by atoms with Gasteiger partial charge in [-0.2, -0.15) is 0 Å². The number of anilines is 1. The van der Waals surface area contributed by atoms with Crippen molar-refractivity contribution in [2.24, 2.45) is 5.92 Å². The third kappa shape index (κ3) is 4.07. The molecule has 0 amide bonds. The monoisotopic (exact) mass is 424 g/mol. The standard InChI is InChI=1S/C23H28N4O2S/c1-26(13-16-11-18(28)12-16)22-21-19(17-5-3-2-4-6-17)15-30-23(21)25-20(24-22)14-27-7-9-29-10-8-27/h2-6,15-16,18,28H,7-14H2,1H3. The van der Waals surface area contributed by atoms with Gasteiger partial charge in [-0.3, -0.25) is 4.90 Å². The highest BCUT2D eigenvalue weighted by Gasteiger charge is 2.29. The van der Waals surface area contributed by atoms with Crippen molar-refractivity contribution in [3.05, 3.63) is 41.5 Å². The number of aliphatic hydroxyl groups excluding tert-OH is 1. The number of aromatic nitrogens is 2. The highest BCUT2D eigenvalue weighted by Crippen LogP contribution is 2.39. The first-order valence-corrected chi connectivity index (χ1v) is 11.6. The summed E-state index contributed by atoms with van der Waals surface area (Å²) < 4.78 is 5.48. The molecule has 1 aliphatic heterocycles. The van der Waals surface area contributed by atoms with Crippen LogP contribution in [0.3, 0.4) is 0 Å². The molecule has 30 heavy (non-hydrogen) atoms. The first-order valence-electron chi connectivity index (χ1n) is 10.7. The largest absolute Gasteiger partial charge is 0.393 e. The number of fused-ring (bicyclic) bond motifs is 1. The first-order chi connectivity index (χ1) is 14.7. The van der Waals surface area contributed by atoms with E-state index in [9.17, 15) is 5.11 Å². The summed E-state index contributed by atoms with van der Waals surface area (Å²) in [7, 11) is 2.12. The number of rotatable bonds is 6. The maximum absolute atomic E-state index is 9.70. The van der Waals surface area contributed by atoms with Crippen molar-refractivity contribution in [1.82, 2.24) is 14.9 Å². The zero-order valence-electron chi connectivity index (χ0n) is 17.3. The van der Waals surface area contributed by atoms with Crippen molar-refractivity contribution < 1.29 is 9.84 Å². The van der Waals surface area contributed by atoms with Crippen LogP contribution in [-0.4, -0.2) is 66.0 Å². The molecule has 3 aromatic rings. The average Bonchev–Trinajstić information content (AvgIpc) is 3.17. The zero-order valence-corrected chi connectivity index (χ0v) is 18.1. The van der Waals surface area contributed by atoms with Crippen molar-refractivity contribution in [1.29, 1.82) is 0 Å². The molecule has 7 heteroatoms. The lowest BCUT2D eigenvalue weighted by Crippen LogP contribution is -2.38. The van der Waals surface area contributed by atoms with Gasteiger partial charge in [0.15, 0.2) is 0 Å². The average molecular weight is 425 g/mol. The van der Waals surface area contributed by atoms with Crippen LogP contribution in [0.1, 0.15) is 18.7 Å². The summed E-state index contributed by atoms with van der Waals surface area (Å²) in [6.07, 6.45) is 1.63. The number of benzene rings is 1. The van der Waals surface area contributed by atoms with Gasteiger partial charge in [0, 0.05) is 37.6 Å². The van der Waals surface area contributed by atoms with Crippen molar-refractivity contribution in [2.75, 3.05) is 44.8 Å². The summed E-state index contributed by atoms with van der Waals surface area (Å²) in [4.78, 5) is 15.7. The van der Waals surface area contributed by atoms with E-state index in [0.717, 1.165) is 74.1 Å². The molecule has 2 aromatic heterocycles. The molecule has 0 spiro atoms. The smallest absolute Gasteiger partial charge is 0.146 e. The maximum Gasteiger partial charge on any atom is 0.146 e. The fourth-order valence-electron chi connectivity index (χ4n) is 4.43. The second kappa shape index (κ2) is 8.59. The van der Waals surface area contributed by atoms with Crippen LogP contribution in [0.15, 0.2) is 35.7 Å². The number of nitrogens with zero attached hydrogens (tertiary/aromatic N) is 4. The molecule has 0 radical (unpaired) electrons. The Labute approximate surface area is 181 Å². The van der Waals surface area contributed by atoms with Crippen molar-refractivity contribution >= 4 is 27.4 Å². The quantitative estimate of drug-likeness (QED) is 0.654. The van der Waals surface area contributed by atoms with Crippen LogP contribution in [0, 0.1) is 5.92 Å². The van der Waals surface area contributed by atoms with E-state index in [-0.39, 0.29) is 6.10 Å². The lowest BCUT2D eigenvalue weighted by molar-refractivity contribution is 0.0331. The lowest BCUT2D eigenvalue weighted by Gasteiger charge is -2.35. The van der Waals surface area contributed by atoms with E-state index in [4.69, 9.17) is 14.7 Å². The highest BCUT2D eigenvalue weighted by atomic mass is 32.1. The molecule has 1 saturated heterocycles. The molecule has 5 rings (SSSR count). The van der Waals surface area contributed by atoms with Crippen LogP contribution in [0.25, 0.3) is 21.3 Å². The van der Waals surface area contributed by atoms with Crippen LogP contribution < -0.4 is 4.90 Å². The highest BCUT2D eigenvalue weighted by molar-refractivity contribution is 7.17. The van der Waals surface area contributed by atoms with Gasteiger partial charge >= 0.3 is 0 Å². The molecule has 0 unspecified atom stereocenters. The fourth-order valence-corrected chi connectivity index (χ4v) is 5.39. The molecule has 2 aliphatic rings. The molecule has 6 nitrogen and oxygen atoms in total. The van der Waals surface area contributed by atoms with Gasteiger partial charge in [-0.05, 0) is 24.3 Å². The van der Waals surface area contributed by atoms with E-state index in [1.165, 1.54) is 11.1 Å². The zero-order chi connectivity index (χ0) is 20.5. The van der Waals surface area contributed by atoms with Gasteiger partial charge in [0.25, 0.3) is 0 Å². The van der Waals surface area contributed by atoms with Crippen molar-refractivity contribution in [3.8, 4) is 11.1 Å². The minimum Gasteiger partial charge on any atom is -0.393 e. The van der Waals surface area contributed by atoms with E-state index in [2.05, 4.69) is 46.5 Å². The van der Waals surface area contributed by atoms with E-state index in [1.54, 1.807) is 11.3 Å². The van der Waals surface area contributed by atoms with E-state index >= 15 is 0 Å². The minimum absolute atomic E-state index is 0.133. The van der Waals surface area contributed by atoms with Crippen LogP contribution in [0.5, 0.6) is 0 Å². The second-order valence-electron chi connectivity index (χ2n) is 8.42. The van der Waals surface area contributed by atoms with Gasteiger partial charge in [0.05, 0.1) is 31.2 Å². The molecular formula is C23H28N4O2S. The predicted molar refractivity (Wildman–Crippen MR) is 121 cm³/mol. The Morgan fingerprint density at radius 3 is 2.67 bits per heavy atom. The van der Waals surface area contributed by atoms with Crippen LogP contribution in [0.2, 0.25) is 0 Å². The van der Waals surface area contributed by atoms with Gasteiger partial charge in [-0.1, -0.05) is 30.3 Å². The molecule has 1 N–H and O–H groups in total. The molecule has 158 valence electrons. The third-order valence-electron chi connectivity index (χ3n) is 6.12. The van der Waals surface area contributed by atoms with Crippen molar-refractivity contribution in [2.45, 2.75) is 25.5 Å². The van der Waals surface area contributed by atoms with Crippen LogP contribution >= 0.6 is 11.3 Å². The molecular weight excluding hydrogens is 396 g/mol. The Kier molecular flexibility index (Phi) is 5.69. The Balaban J connectivity index is 1.52. The normalized spacial score (nSPS) is 22.2. The second-order valence-corrected chi connectivity index (χ2v) is 9.28. The van der Waals surface area contributed by atoms with Gasteiger partial charge in [0.1, 0.15) is 16.5 Å². The summed E-state index contributed by atoms with van der Waals surface area (Å²) in [5.74, 6) is 2.41. The van der Waals surface area contributed by atoms with Crippen LogP contribution in [-0.2, 0) is 11.3 Å². The molecule has 2 fully saturated rings. The van der Waals surface area contributed by atoms with E-state index < -0.39 is 0 Å². The lowest BCUT2D eigenvalue weighted by atomic mass is 9.82. The fraction of sp³-hybridized carbons (Fsp3) is 0.478. The number of hydrogen-bond donors (Lipinski definition) is 1. The number of ether oxygens (including phenoxy) is 1. The summed E-state index contributed by atoms with van der Waals surface area (Å²) in [6.45, 7) is 5.05. The summed E-state index contributed by atoms with van der Waals surface area (Å²) in [6, 6.07) is 10.5. The van der Waals surface area contributed by atoms with Crippen molar-refractivity contribution in [3.63, 3.8) is 0 Å². The first kappa shape index (κ1) is 19.9. The van der Waals surface area contributed by atoms with E-state index in [0.29, 0.717) is 5.92 Å². The predicted octanol–water partition coefficient (Wildman–Crippen LogP) is 3.40. The number of hydrogen-bond acceptors (Lipinski definition) is 7. The Morgan fingerprint density at radius 2 is 1.93 bits per heavy atom. The molecule has 1 aliphatic carbocycles. The van der Waals surface area contributed by atoms with E-state index in [1.807, 2.05) is 6.07 Å². The molecule has 3 heterocycles. The van der Waals surface area contributed by atoms with Gasteiger partial charge in [0.2, 0.25) is 0 Å². The minimum atomic E-state index is -0.133. The Morgan fingerprint density at radius 1 is 1.17 bits per heavy atom. The molecule has 0 bridgehead atoms. The summed E-state index contributed by atoms with van der Waals surface area (Å²) in [5, 5.41) is 13.0. The number of thiophene rings is 1. The molecule has 1 saturated carbocycles. The van der Waals surface area contributed by atoms with Gasteiger partial charge in [-0.15, -0.1) is 11.3 Å². The number of morpholine rings is 1. The Hall–Kier alpha value is -2.06. The van der Waals surface area contributed by atoms with Crippen LogP contribution in [0.4, 0.5) is 5.82 Å². The topological polar surface area (TPSA) is 61.7 Å².